The van der Waals surface area contributed by atoms with Crippen molar-refractivity contribution >= 4 is 33.7 Å². The highest BCUT2D eigenvalue weighted by Gasteiger charge is 2.44. The van der Waals surface area contributed by atoms with Crippen LogP contribution in [-0.2, 0) is 4.79 Å². The third-order valence-electron chi connectivity index (χ3n) is 3.34. The van der Waals surface area contributed by atoms with E-state index >= 15 is 0 Å². The third-order valence-corrected chi connectivity index (χ3v) is 5.03. The van der Waals surface area contributed by atoms with E-state index in [-0.39, 0.29) is 0 Å². The average molecular weight is 331 g/mol. The van der Waals surface area contributed by atoms with Crippen LogP contribution in [0.4, 0.5) is 0 Å². The van der Waals surface area contributed by atoms with E-state index in [2.05, 4.69) is 26.2 Å². The van der Waals surface area contributed by atoms with E-state index in [0.29, 0.717) is 18.1 Å². The summed E-state index contributed by atoms with van der Waals surface area (Å²) < 4.78 is 0.952. The lowest BCUT2D eigenvalue weighted by atomic mass is 9.99. The summed E-state index contributed by atoms with van der Waals surface area (Å²) in [7, 11) is 1.72. The van der Waals surface area contributed by atoms with Crippen LogP contribution in [0.2, 0.25) is 0 Å². The first kappa shape index (κ1) is 13.8. The Hall–Kier alpha value is -0.590. The number of pyridine rings is 1. The molecule has 98 valence electrons. The van der Waals surface area contributed by atoms with Gasteiger partial charge in [-0.1, -0.05) is 0 Å². The van der Waals surface area contributed by atoms with Crippen LogP contribution in [0.5, 0.6) is 0 Å². The molecule has 2 N–H and O–H groups in total. The minimum Gasteiger partial charge on any atom is -0.480 e. The molecule has 6 heteroatoms. The van der Waals surface area contributed by atoms with Crippen LogP contribution in [0.1, 0.15) is 19.3 Å². The van der Waals surface area contributed by atoms with E-state index in [1.807, 2.05) is 12.1 Å². The van der Waals surface area contributed by atoms with Crippen molar-refractivity contribution in [3.05, 3.63) is 22.8 Å². The minimum absolute atomic E-state index is 0.308. The van der Waals surface area contributed by atoms with Gasteiger partial charge in [0.1, 0.15) is 5.54 Å². The van der Waals surface area contributed by atoms with Crippen molar-refractivity contribution in [3.8, 4) is 0 Å². The topological polar surface area (TPSA) is 62.2 Å². The van der Waals surface area contributed by atoms with Gasteiger partial charge >= 0.3 is 5.97 Å². The molecule has 0 amide bonds. The highest BCUT2D eigenvalue weighted by Crippen LogP contribution is 2.39. The second kappa shape index (κ2) is 5.59. The number of nitrogens with one attached hydrogen (secondary N) is 1. The Bertz CT molecular complexity index is 440. The number of likely N-dealkylation sites (N-methyl/N-ethyl adjacent to an activating group) is 1. The molecular weight excluding hydrogens is 316 g/mol. The van der Waals surface area contributed by atoms with Crippen molar-refractivity contribution in [2.24, 2.45) is 0 Å². The number of aliphatic carboxylic acids is 1. The monoisotopic (exact) mass is 330 g/mol. The zero-order valence-electron chi connectivity index (χ0n) is 10.0. The van der Waals surface area contributed by atoms with Crippen molar-refractivity contribution in [2.75, 3.05) is 7.05 Å². The largest absolute Gasteiger partial charge is 0.480 e. The fourth-order valence-electron chi connectivity index (χ4n) is 2.23. The molecule has 0 aromatic carbocycles. The molecule has 4 nitrogen and oxygen atoms in total. The molecule has 1 aromatic heterocycles. The van der Waals surface area contributed by atoms with E-state index < -0.39 is 11.5 Å². The normalized spacial score (nSPS) is 27.3. The highest BCUT2D eigenvalue weighted by molar-refractivity contribution is 9.10. The minimum atomic E-state index is -0.757. The van der Waals surface area contributed by atoms with Crippen molar-refractivity contribution in [2.45, 2.75) is 35.1 Å². The number of thioether (sulfide) groups is 1. The number of hydrogen-bond donors (Lipinski definition) is 2. The Labute approximate surface area is 119 Å². The Morgan fingerprint density at radius 2 is 2.44 bits per heavy atom. The number of halogens is 1. The molecule has 1 heterocycles. The first-order valence-corrected chi connectivity index (χ1v) is 7.43. The van der Waals surface area contributed by atoms with Crippen molar-refractivity contribution < 1.29 is 9.90 Å². The Balaban J connectivity index is 2.01. The second-order valence-corrected chi connectivity index (χ2v) is 6.67. The maximum Gasteiger partial charge on any atom is 0.323 e. The Morgan fingerprint density at radius 1 is 1.67 bits per heavy atom. The van der Waals surface area contributed by atoms with Gasteiger partial charge in [0, 0.05) is 15.9 Å². The van der Waals surface area contributed by atoms with Gasteiger partial charge in [-0.2, -0.15) is 0 Å². The SMILES string of the molecule is CNC1(C(=O)O)CCC(Sc2ccc(Br)cn2)C1. The van der Waals surface area contributed by atoms with Gasteiger partial charge in [0.25, 0.3) is 0 Å². The predicted octanol–water partition coefficient (Wildman–Crippen LogP) is 2.53. The first-order chi connectivity index (χ1) is 8.55. The maximum absolute atomic E-state index is 11.3. The van der Waals surface area contributed by atoms with Gasteiger partial charge in [0.2, 0.25) is 0 Å². The van der Waals surface area contributed by atoms with Crippen molar-refractivity contribution in [1.82, 2.24) is 10.3 Å². The molecule has 0 radical (unpaired) electrons. The van der Waals surface area contributed by atoms with Gasteiger partial charge in [-0.3, -0.25) is 4.79 Å². The average Bonchev–Trinajstić information content (AvgIpc) is 2.77. The number of rotatable bonds is 4. The summed E-state index contributed by atoms with van der Waals surface area (Å²) in [5.74, 6) is -0.753. The van der Waals surface area contributed by atoms with E-state index in [1.54, 1.807) is 25.0 Å². The molecule has 2 rings (SSSR count). The number of hydrogen-bond acceptors (Lipinski definition) is 4. The summed E-state index contributed by atoms with van der Waals surface area (Å²) in [6.07, 6.45) is 3.98. The van der Waals surface area contributed by atoms with Crippen LogP contribution in [0, 0.1) is 0 Å². The van der Waals surface area contributed by atoms with Crippen LogP contribution in [-0.4, -0.2) is 33.9 Å². The molecule has 0 saturated heterocycles. The van der Waals surface area contributed by atoms with Crippen LogP contribution in [0.15, 0.2) is 27.8 Å². The fourth-order valence-corrected chi connectivity index (χ4v) is 3.67. The second-order valence-electron chi connectivity index (χ2n) is 4.43. The fraction of sp³-hybridized carbons (Fsp3) is 0.500. The molecule has 0 aliphatic heterocycles. The summed E-state index contributed by atoms with van der Waals surface area (Å²) in [5, 5.41) is 13.5. The van der Waals surface area contributed by atoms with Crippen LogP contribution in [0.25, 0.3) is 0 Å². The maximum atomic E-state index is 11.3. The lowest BCUT2D eigenvalue weighted by Crippen LogP contribution is -2.48. The third kappa shape index (κ3) is 2.87. The van der Waals surface area contributed by atoms with Crippen molar-refractivity contribution in [3.63, 3.8) is 0 Å². The van der Waals surface area contributed by atoms with Gasteiger partial charge in [0.05, 0.1) is 5.03 Å². The number of nitrogens with zero attached hydrogens (tertiary/aromatic N) is 1. The standard InChI is InChI=1S/C12H15BrN2O2S/c1-14-12(11(16)17)5-4-9(6-12)18-10-3-2-8(13)7-15-10/h2-3,7,9,14H,4-6H2,1H3,(H,16,17). The first-order valence-electron chi connectivity index (χ1n) is 5.76. The highest BCUT2D eigenvalue weighted by atomic mass is 79.9. The van der Waals surface area contributed by atoms with Gasteiger partial charge in [0.15, 0.2) is 0 Å². The molecule has 18 heavy (non-hydrogen) atoms. The van der Waals surface area contributed by atoms with Crippen LogP contribution >= 0.6 is 27.7 Å². The lowest BCUT2D eigenvalue weighted by Gasteiger charge is -2.23. The van der Waals surface area contributed by atoms with Gasteiger partial charge in [-0.05, 0) is 54.4 Å². The Morgan fingerprint density at radius 3 is 2.94 bits per heavy atom. The zero-order chi connectivity index (χ0) is 13.2. The molecular formula is C12H15BrN2O2S. The molecule has 2 unspecified atom stereocenters. The van der Waals surface area contributed by atoms with Crippen molar-refractivity contribution in [1.29, 1.82) is 0 Å². The summed E-state index contributed by atoms with van der Waals surface area (Å²) in [6.45, 7) is 0. The quantitative estimate of drug-likeness (QED) is 0.888. The Kier molecular flexibility index (Phi) is 4.29. The summed E-state index contributed by atoms with van der Waals surface area (Å²) in [4.78, 5) is 15.6. The van der Waals surface area contributed by atoms with Gasteiger partial charge < -0.3 is 10.4 Å². The smallest absolute Gasteiger partial charge is 0.323 e. The molecule has 1 aliphatic rings. The van der Waals surface area contributed by atoms with Gasteiger partial charge in [-0.25, -0.2) is 4.98 Å². The summed E-state index contributed by atoms with van der Waals surface area (Å²) in [5.41, 5.74) is -0.757. The van der Waals surface area contributed by atoms with Gasteiger partial charge in [-0.15, -0.1) is 11.8 Å². The van der Waals surface area contributed by atoms with Crippen LogP contribution < -0.4 is 5.32 Å². The summed E-state index contributed by atoms with van der Waals surface area (Å²) >= 11 is 5.01. The predicted molar refractivity (Wildman–Crippen MR) is 74.9 cm³/mol. The number of carboxylic acids is 1. The van der Waals surface area contributed by atoms with E-state index in [4.69, 9.17) is 0 Å². The summed E-state index contributed by atoms with van der Waals surface area (Å²) in [6, 6.07) is 3.90. The molecule has 1 fully saturated rings. The van der Waals surface area contributed by atoms with E-state index in [1.165, 1.54) is 0 Å². The molecule has 2 atom stereocenters. The molecule has 0 spiro atoms. The van der Waals surface area contributed by atoms with E-state index in [9.17, 15) is 9.90 Å². The molecule has 1 aromatic rings. The number of carbonyl (C=O) groups is 1. The zero-order valence-corrected chi connectivity index (χ0v) is 12.4. The van der Waals surface area contributed by atoms with E-state index in [0.717, 1.165) is 15.9 Å². The molecule has 1 saturated carbocycles. The number of aromatic nitrogens is 1. The van der Waals surface area contributed by atoms with Crippen LogP contribution in [0.3, 0.4) is 0 Å². The lowest BCUT2D eigenvalue weighted by molar-refractivity contribution is -0.144. The molecule has 0 bridgehead atoms. The molecule has 1 aliphatic carbocycles. The number of carboxylic acid groups (broad SMARTS) is 1.